The summed E-state index contributed by atoms with van der Waals surface area (Å²) in [5.74, 6) is 0.500. The lowest BCUT2D eigenvalue weighted by molar-refractivity contribution is -0.117. The van der Waals surface area contributed by atoms with Crippen molar-refractivity contribution < 1.29 is 4.79 Å². The zero-order valence-corrected chi connectivity index (χ0v) is 18.1. The fraction of sp³-hybridized carbons (Fsp3) is 0.0800. The standard InChI is InChI=1S/C25H20ClN5O/c1-30-19-12-6-5-11-18(19)27-25(30)23(17-9-3-2-4-10-17)29-22(32)15-14-20-24(26)28-21-13-7-8-16-31(20)21/h2-16,23H,1H3,(H,29,32)/b15-14+. The average molecular weight is 442 g/mol. The zero-order chi connectivity index (χ0) is 22.1. The average Bonchev–Trinajstić information content (AvgIpc) is 3.32. The minimum Gasteiger partial charge on any atom is -0.339 e. The van der Waals surface area contributed by atoms with Gasteiger partial charge in [0.15, 0.2) is 5.15 Å². The molecule has 3 heterocycles. The minimum atomic E-state index is -0.414. The third kappa shape index (κ3) is 3.65. The Kier molecular flexibility index (Phi) is 5.21. The van der Waals surface area contributed by atoms with Gasteiger partial charge in [0.25, 0.3) is 0 Å². The van der Waals surface area contributed by atoms with Crippen LogP contribution in [0.2, 0.25) is 5.15 Å². The maximum Gasteiger partial charge on any atom is 0.244 e. The molecule has 3 aromatic heterocycles. The van der Waals surface area contributed by atoms with Gasteiger partial charge < -0.3 is 9.88 Å². The molecule has 0 fully saturated rings. The first-order chi connectivity index (χ1) is 15.6. The maximum atomic E-state index is 13.0. The van der Waals surface area contributed by atoms with E-state index in [-0.39, 0.29) is 5.91 Å². The van der Waals surface area contributed by atoms with Crippen LogP contribution in [0.3, 0.4) is 0 Å². The summed E-state index contributed by atoms with van der Waals surface area (Å²) in [6.07, 6.45) is 5.01. The van der Waals surface area contributed by atoms with Crippen LogP contribution in [0.4, 0.5) is 0 Å². The highest BCUT2D eigenvalue weighted by Gasteiger charge is 2.22. The smallest absolute Gasteiger partial charge is 0.244 e. The Morgan fingerprint density at radius 2 is 1.75 bits per heavy atom. The number of para-hydroxylation sites is 2. The summed E-state index contributed by atoms with van der Waals surface area (Å²) in [5, 5.41) is 3.44. The summed E-state index contributed by atoms with van der Waals surface area (Å²) >= 11 is 6.29. The van der Waals surface area contributed by atoms with Gasteiger partial charge in [0.1, 0.15) is 17.5 Å². The van der Waals surface area contributed by atoms with Crippen molar-refractivity contribution >= 4 is 40.3 Å². The number of benzene rings is 2. The number of nitrogens with zero attached hydrogens (tertiary/aromatic N) is 4. The van der Waals surface area contributed by atoms with Crippen LogP contribution in [-0.2, 0) is 11.8 Å². The van der Waals surface area contributed by atoms with Gasteiger partial charge in [0.2, 0.25) is 5.91 Å². The number of rotatable bonds is 5. The Bertz CT molecular complexity index is 1450. The highest BCUT2D eigenvalue weighted by atomic mass is 35.5. The Morgan fingerprint density at radius 1 is 1.00 bits per heavy atom. The molecule has 5 aromatic rings. The van der Waals surface area contributed by atoms with E-state index < -0.39 is 6.04 Å². The molecule has 5 rings (SSSR count). The van der Waals surface area contributed by atoms with Gasteiger partial charge in [-0.3, -0.25) is 9.20 Å². The Balaban J connectivity index is 1.49. The first kappa shape index (κ1) is 20.0. The molecule has 158 valence electrons. The molecule has 0 saturated heterocycles. The first-order valence-electron chi connectivity index (χ1n) is 10.2. The van der Waals surface area contributed by atoms with Gasteiger partial charge in [-0.15, -0.1) is 0 Å². The van der Waals surface area contributed by atoms with E-state index in [0.717, 1.165) is 28.1 Å². The quantitative estimate of drug-likeness (QED) is 0.399. The molecule has 1 atom stereocenters. The molecular weight excluding hydrogens is 422 g/mol. The van der Waals surface area contributed by atoms with Crippen molar-refractivity contribution in [3.63, 3.8) is 0 Å². The lowest BCUT2D eigenvalue weighted by atomic mass is 10.1. The molecule has 0 bridgehead atoms. The van der Waals surface area contributed by atoms with E-state index in [1.807, 2.05) is 95.0 Å². The number of fused-ring (bicyclic) bond motifs is 2. The number of hydrogen-bond acceptors (Lipinski definition) is 3. The van der Waals surface area contributed by atoms with Gasteiger partial charge in [-0.1, -0.05) is 60.1 Å². The van der Waals surface area contributed by atoms with Gasteiger partial charge in [-0.05, 0) is 35.9 Å². The van der Waals surface area contributed by atoms with Gasteiger partial charge >= 0.3 is 0 Å². The van der Waals surface area contributed by atoms with Gasteiger partial charge in [-0.25, -0.2) is 9.97 Å². The van der Waals surface area contributed by atoms with E-state index in [0.29, 0.717) is 10.8 Å². The van der Waals surface area contributed by atoms with Crippen molar-refractivity contribution in [3.05, 3.63) is 107 Å². The molecule has 32 heavy (non-hydrogen) atoms. The van der Waals surface area contributed by atoms with Crippen LogP contribution in [0.15, 0.2) is 85.1 Å². The minimum absolute atomic E-state index is 0.257. The predicted octanol–water partition coefficient (Wildman–Crippen LogP) is 4.79. The molecule has 7 heteroatoms. The van der Waals surface area contributed by atoms with E-state index in [4.69, 9.17) is 16.6 Å². The molecule has 0 aliphatic heterocycles. The maximum absolute atomic E-state index is 13.0. The third-order valence-corrected chi connectivity index (χ3v) is 5.69. The summed E-state index contributed by atoms with van der Waals surface area (Å²) in [5.41, 5.74) is 4.20. The Hall–Kier alpha value is -3.90. The highest BCUT2D eigenvalue weighted by molar-refractivity contribution is 6.31. The number of nitrogens with one attached hydrogen (secondary N) is 1. The van der Waals surface area contributed by atoms with E-state index >= 15 is 0 Å². The number of hydrogen-bond donors (Lipinski definition) is 1. The Labute approximate surface area is 189 Å². The molecule has 1 unspecified atom stereocenters. The van der Waals surface area contributed by atoms with Gasteiger partial charge in [0.05, 0.1) is 16.7 Å². The van der Waals surface area contributed by atoms with Crippen LogP contribution in [0.5, 0.6) is 0 Å². The fourth-order valence-electron chi connectivity index (χ4n) is 3.84. The van der Waals surface area contributed by atoms with Crippen LogP contribution < -0.4 is 5.32 Å². The van der Waals surface area contributed by atoms with Gasteiger partial charge in [-0.2, -0.15) is 0 Å². The number of pyridine rings is 1. The number of carbonyl (C=O) groups excluding carboxylic acids is 1. The van der Waals surface area contributed by atoms with Crippen molar-refractivity contribution in [2.24, 2.45) is 7.05 Å². The van der Waals surface area contributed by atoms with Crippen molar-refractivity contribution in [2.75, 3.05) is 0 Å². The van der Waals surface area contributed by atoms with Crippen molar-refractivity contribution in [2.45, 2.75) is 6.04 Å². The lowest BCUT2D eigenvalue weighted by Crippen LogP contribution is -2.29. The largest absolute Gasteiger partial charge is 0.339 e. The van der Waals surface area contributed by atoms with Crippen LogP contribution in [-0.4, -0.2) is 24.8 Å². The summed E-state index contributed by atoms with van der Waals surface area (Å²) in [4.78, 5) is 22.1. The van der Waals surface area contributed by atoms with Crippen LogP contribution in [0.25, 0.3) is 22.8 Å². The van der Waals surface area contributed by atoms with E-state index in [1.165, 1.54) is 6.08 Å². The van der Waals surface area contributed by atoms with E-state index in [1.54, 1.807) is 6.08 Å². The lowest BCUT2D eigenvalue weighted by Gasteiger charge is -2.18. The normalized spacial score (nSPS) is 12.6. The first-order valence-corrected chi connectivity index (χ1v) is 10.6. The second kappa shape index (κ2) is 8.32. The monoisotopic (exact) mass is 441 g/mol. The molecule has 0 spiro atoms. The Morgan fingerprint density at radius 3 is 2.56 bits per heavy atom. The van der Waals surface area contributed by atoms with Crippen molar-refractivity contribution in [1.29, 1.82) is 0 Å². The molecule has 2 aromatic carbocycles. The molecule has 1 N–H and O–H groups in total. The molecule has 0 aliphatic carbocycles. The predicted molar refractivity (Wildman–Crippen MR) is 126 cm³/mol. The van der Waals surface area contributed by atoms with Crippen LogP contribution in [0, 0.1) is 0 Å². The molecule has 1 amide bonds. The van der Waals surface area contributed by atoms with Crippen molar-refractivity contribution in [3.8, 4) is 0 Å². The number of imidazole rings is 2. The molecule has 0 radical (unpaired) electrons. The number of halogens is 1. The van der Waals surface area contributed by atoms with E-state index in [9.17, 15) is 4.79 Å². The van der Waals surface area contributed by atoms with Crippen LogP contribution >= 0.6 is 11.6 Å². The second-order valence-electron chi connectivity index (χ2n) is 7.42. The van der Waals surface area contributed by atoms with E-state index in [2.05, 4.69) is 10.3 Å². The summed E-state index contributed by atoms with van der Waals surface area (Å²) in [7, 11) is 1.96. The third-order valence-electron chi connectivity index (χ3n) is 5.41. The summed E-state index contributed by atoms with van der Waals surface area (Å²) in [6, 6.07) is 23.0. The summed E-state index contributed by atoms with van der Waals surface area (Å²) < 4.78 is 3.85. The number of aromatic nitrogens is 4. The molecule has 0 saturated carbocycles. The molecule has 0 aliphatic rings. The van der Waals surface area contributed by atoms with Gasteiger partial charge in [0, 0.05) is 19.3 Å². The number of carbonyl (C=O) groups is 1. The SMILES string of the molecule is Cn1c(C(NC(=O)/C=C/c2c(Cl)nc3ccccn23)c2ccccc2)nc2ccccc21. The number of amides is 1. The highest BCUT2D eigenvalue weighted by Crippen LogP contribution is 2.25. The molecule has 6 nitrogen and oxygen atoms in total. The summed E-state index contributed by atoms with van der Waals surface area (Å²) in [6.45, 7) is 0. The fourth-order valence-corrected chi connectivity index (χ4v) is 4.09. The van der Waals surface area contributed by atoms with Crippen molar-refractivity contribution in [1.82, 2.24) is 24.3 Å². The zero-order valence-electron chi connectivity index (χ0n) is 17.3. The van der Waals surface area contributed by atoms with Crippen LogP contribution in [0.1, 0.15) is 23.1 Å². The molecular formula is C25H20ClN5O. The number of aryl methyl sites for hydroxylation is 1. The topological polar surface area (TPSA) is 64.2 Å². The second-order valence-corrected chi connectivity index (χ2v) is 7.78.